The van der Waals surface area contributed by atoms with Crippen LogP contribution in [0.4, 0.5) is 0 Å². The van der Waals surface area contributed by atoms with Crippen molar-refractivity contribution in [2.24, 2.45) is 0 Å². The third-order valence-corrected chi connectivity index (χ3v) is 4.05. The molecular formula is C11H21NO. The average Bonchev–Trinajstić information content (AvgIpc) is 2.67. The number of fused-ring (bicyclic) bond motifs is 1. The van der Waals surface area contributed by atoms with Crippen molar-refractivity contribution in [3.8, 4) is 0 Å². The molecule has 0 amide bonds. The van der Waals surface area contributed by atoms with Gasteiger partial charge >= 0.3 is 0 Å². The first-order valence-electron chi connectivity index (χ1n) is 5.58. The summed E-state index contributed by atoms with van der Waals surface area (Å²) < 4.78 is 5.28. The van der Waals surface area contributed by atoms with Gasteiger partial charge in [0.1, 0.15) is 0 Å². The van der Waals surface area contributed by atoms with Gasteiger partial charge in [-0.15, -0.1) is 0 Å². The van der Waals surface area contributed by atoms with Crippen molar-refractivity contribution in [3.63, 3.8) is 0 Å². The van der Waals surface area contributed by atoms with Crippen molar-refractivity contribution in [3.05, 3.63) is 0 Å². The van der Waals surface area contributed by atoms with Gasteiger partial charge in [0.2, 0.25) is 0 Å². The fourth-order valence-corrected chi connectivity index (χ4v) is 3.31. The minimum absolute atomic E-state index is 0.573. The molecule has 13 heavy (non-hydrogen) atoms. The Hall–Kier alpha value is -0.0800. The smallest absolute Gasteiger partial charge is 0.0618 e. The molecule has 2 aliphatic heterocycles. The molecule has 0 spiro atoms. The molecule has 0 bridgehead atoms. The lowest BCUT2D eigenvalue weighted by molar-refractivity contribution is 0.0796. The number of hydrogen-bond donors (Lipinski definition) is 0. The van der Waals surface area contributed by atoms with E-state index in [4.69, 9.17) is 4.74 Å². The molecule has 0 N–H and O–H groups in total. The first-order chi connectivity index (χ1) is 6.32. The van der Waals surface area contributed by atoms with Gasteiger partial charge in [0, 0.05) is 18.7 Å². The van der Waals surface area contributed by atoms with Gasteiger partial charge in [0.25, 0.3) is 0 Å². The maximum atomic E-state index is 5.28. The molecule has 2 aliphatic rings. The standard InChI is InChI=1S/C11H21NO/c1-3-11-6-4-8-12(11)10(5-7-11)9-13-2/h10H,3-9H2,1-2H3. The van der Waals surface area contributed by atoms with Crippen molar-refractivity contribution >= 4 is 0 Å². The van der Waals surface area contributed by atoms with E-state index in [0.717, 1.165) is 6.61 Å². The van der Waals surface area contributed by atoms with Gasteiger partial charge in [-0.3, -0.25) is 4.90 Å². The average molecular weight is 183 g/mol. The zero-order valence-corrected chi connectivity index (χ0v) is 8.88. The van der Waals surface area contributed by atoms with E-state index in [-0.39, 0.29) is 0 Å². The Morgan fingerprint density at radius 3 is 3.00 bits per heavy atom. The Morgan fingerprint density at radius 2 is 2.31 bits per heavy atom. The predicted molar refractivity (Wildman–Crippen MR) is 53.9 cm³/mol. The third-order valence-electron chi connectivity index (χ3n) is 4.05. The zero-order valence-electron chi connectivity index (χ0n) is 8.88. The lowest BCUT2D eigenvalue weighted by Gasteiger charge is -2.34. The molecule has 2 rings (SSSR count). The summed E-state index contributed by atoms with van der Waals surface area (Å²) in [4.78, 5) is 2.72. The highest BCUT2D eigenvalue weighted by Gasteiger charge is 2.47. The summed E-state index contributed by atoms with van der Waals surface area (Å²) in [6.07, 6.45) is 6.89. The molecule has 2 saturated heterocycles. The van der Waals surface area contributed by atoms with E-state index in [0.29, 0.717) is 11.6 Å². The van der Waals surface area contributed by atoms with Gasteiger partial charge in [-0.1, -0.05) is 6.92 Å². The number of methoxy groups -OCH3 is 1. The van der Waals surface area contributed by atoms with E-state index < -0.39 is 0 Å². The molecule has 2 heterocycles. The fraction of sp³-hybridized carbons (Fsp3) is 1.00. The Labute approximate surface area is 81.3 Å². The van der Waals surface area contributed by atoms with Crippen LogP contribution in [0, 0.1) is 0 Å². The van der Waals surface area contributed by atoms with Gasteiger partial charge in [0.05, 0.1) is 6.61 Å². The number of rotatable bonds is 3. The van der Waals surface area contributed by atoms with E-state index in [9.17, 15) is 0 Å². The summed E-state index contributed by atoms with van der Waals surface area (Å²) in [5.74, 6) is 0. The van der Waals surface area contributed by atoms with Gasteiger partial charge in [-0.2, -0.15) is 0 Å². The van der Waals surface area contributed by atoms with Crippen molar-refractivity contribution < 1.29 is 4.74 Å². The Bertz CT molecular complexity index is 183. The lowest BCUT2D eigenvalue weighted by Crippen LogP contribution is -2.43. The summed E-state index contributed by atoms with van der Waals surface area (Å²) in [6, 6.07) is 0.715. The molecule has 0 radical (unpaired) electrons. The SMILES string of the molecule is CCC12CCCN1C(COC)CC2. The number of hydrogen-bond acceptors (Lipinski definition) is 2. The third kappa shape index (κ3) is 1.40. The summed E-state index contributed by atoms with van der Waals surface area (Å²) in [6.45, 7) is 4.58. The summed E-state index contributed by atoms with van der Waals surface area (Å²) in [5, 5.41) is 0. The largest absolute Gasteiger partial charge is 0.383 e. The molecule has 0 aromatic rings. The normalized spacial score (nSPS) is 39.7. The fourth-order valence-electron chi connectivity index (χ4n) is 3.31. The second-order valence-electron chi connectivity index (χ2n) is 4.52. The molecule has 0 aromatic carbocycles. The van der Waals surface area contributed by atoms with Crippen LogP contribution in [-0.4, -0.2) is 36.7 Å². The zero-order chi connectivity index (χ0) is 9.31. The molecule has 76 valence electrons. The van der Waals surface area contributed by atoms with Crippen LogP contribution < -0.4 is 0 Å². The highest BCUT2D eigenvalue weighted by atomic mass is 16.5. The summed E-state index contributed by atoms with van der Waals surface area (Å²) >= 11 is 0. The second-order valence-corrected chi connectivity index (χ2v) is 4.52. The molecule has 0 aliphatic carbocycles. The molecular weight excluding hydrogens is 162 g/mol. The van der Waals surface area contributed by atoms with Gasteiger partial charge in [-0.05, 0) is 38.6 Å². The van der Waals surface area contributed by atoms with Crippen LogP contribution >= 0.6 is 0 Å². The number of nitrogens with zero attached hydrogens (tertiary/aromatic N) is 1. The van der Waals surface area contributed by atoms with Crippen LogP contribution in [0.25, 0.3) is 0 Å². The maximum absolute atomic E-state index is 5.28. The minimum atomic E-state index is 0.573. The Morgan fingerprint density at radius 1 is 1.46 bits per heavy atom. The topological polar surface area (TPSA) is 12.5 Å². The van der Waals surface area contributed by atoms with Crippen LogP contribution in [0.1, 0.15) is 39.0 Å². The lowest BCUT2D eigenvalue weighted by atomic mass is 9.91. The first-order valence-corrected chi connectivity index (χ1v) is 5.58. The minimum Gasteiger partial charge on any atom is -0.383 e. The molecule has 0 aromatic heterocycles. The molecule has 2 atom stereocenters. The van der Waals surface area contributed by atoms with E-state index in [1.54, 1.807) is 0 Å². The van der Waals surface area contributed by atoms with Gasteiger partial charge < -0.3 is 4.74 Å². The van der Waals surface area contributed by atoms with Gasteiger partial charge in [0.15, 0.2) is 0 Å². The maximum Gasteiger partial charge on any atom is 0.0618 e. The predicted octanol–water partition coefficient (Wildman–Crippen LogP) is 2.04. The van der Waals surface area contributed by atoms with E-state index in [1.165, 1.54) is 38.6 Å². The molecule has 0 saturated carbocycles. The quantitative estimate of drug-likeness (QED) is 0.664. The van der Waals surface area contributed by atoms with Crippen LogP contribution in [-0.2, 0) is 4.74 Å². The van der Waals surface area contributed by atoms with Crippen LogP contribution in [0.5, 0.6) is 0 Å². The van der Waals surface area contributed by atoms with E-state index >= 15 is 0 Å². The molecule has 2 heteroatoms. The van der Waals surface area contributed by atoms with Crippen LogP contribution in [0.15, 0.2) is 0 Å². The van der Waals surface area contributed by atoms with Crippen molar-refractivity contribution in [2.45, 2.75) is 50.6 Å². The highest BCUT2D eigenvalue weighted by Crippen LogP contribution is 2.44. The van der Waals surface area contributed by atoms with Crippen LogP contribution in [0.2, 0.25) is 0 Å². The van der Waals surface area contributed by atoms with Crippen molar-refractivity contribution in [2.75, 3.05) is 20.3 Å². The summed E-state index contributed by atoms with van der Waals surface area (Å²) in [5.41, 5.74) is 0.573. The summed E-state index contributed by atoms with van der Waals surface area (Å²) in [7, 11) is 1.82. The van der Waals surface area contributed by atoms with E-state index in [2.05, 4.69) is 11.8 Å². The van der Waals surface area contributed by atoms with Gasteiger partial charge in [-0.25, -0.2) is 0 Å². The Kier molecular flexibility index (Phi) is 2.61. The number of ether oxygens (including phenoxy) is 1. The van der Waals surface area contributed by atoms with E-state index in [1.807, 2.05) is 7.11 Å². The van der Waals surface area contributed by atoms with Crippen LogP contribution in [0.3, 0.4) is 0 Å². The molecule has 2 nitrogen and oxygen atoms in total. The second kappa shape index (κ2) is 3.58. The Balaban J connectivity index is 2.06. The first kappa shape index (κ1) is 9.47. The van der Waals surface area contributed by atoms with Crippen molar-refractivity contribution in [1.29, 1.82) is 0 Å². The molecule has 2 fully saturated rings. The van der Waals surface area contributed by atoms with Crippen molar-refractivity contribution in [1.82, 2.24) is 4.90 Å². The molecule has 2 unspecified atom stereocenters. The monoisotopic (exact) mass is 183 g/mol. The highest BCUT2D eigenvalue weighted by molar-refractivity contribution is 5.03.